The fraction of sp³-hybridized carbons (Fsp3) is 0.679. The summed E-state index contributed by atoms with van der Waals surface area (Å²) in [5.41, 5.74) is 6.73. The molecule has 0 N–H and O–H groups in total. The van der Waals surface area contributed by atoms with E-state index in [2.05, 4.69) is 82.0 Å². The number of aromatic nitrogens is 4. The van der Waals surface area contributed by atoms with Crippen LogP contribution in [0.25, 0.3) is 0 Å². The average Bonchev–Trinajstić information content (AvgIpc) is 3.13. The van der Waals surface area contributed by atoms with Crippen LogP contribution < -0.4 is 5.56 Å². The van der Waals surface area contributed by atoms with Gasteiger partial charge in [0.15, 0.2) is 12.8 Å². The van der Waals surface area contributed by atoms with E-state index in [0.717, 1.165) is 28.6 Å². The second kappa shape index (κ2) is 12.4. The SMILES string of the molecule is CC1=N[N+](C)=C(C)C1C(C)C.Cc1nc(C)n(C(C)C)c(=O)c1C.Cc1nc(C)n(C(C)C)c1C. The molecule has 1 unspecified atom stereocenters. The maximum Gasteiger partial charge on any atom is 0.256 e. The van der Waals surface area contributed by atoms with Crippen molar-refractivity contribution in [3.63, 3.8) is 0 Å². The predicted octanol–water partition coefficient (Wildman–Crippen LogP) is 5.89. The molecule has 0 bridgehead atoms. The van der Waals surface area contributed by atoms with Gasteiger partial charge in [0.25, 0.3) is 5.56 Å². The largest absolute Gasteiger partial charge is 0.330 e. The van der Waals surface area contributed by atoms with Crippen molar-refractivity contribution < 1.29 is 4.68 Å². The number of nitrogens with zero attached hydrogens (tertiary/aromatic N) is 6. The van der Waals surface area contributed by atoms with Gasteiger partial charge in [0, 0.05) is 36.0 Å². The first kappa shape index (κ1) is 30.5. The Labute approximate surface area is 213 Å². The van der Waals surface area contributed by atoms with E-state index in [-0.39, 0.29) is 11.6 Å². The Morgan fingerprint density at radius 3 is 1.49 bits per heavy atom. The van der Waals surface area contributed by atoms with Gasteiger partial charge < -0.3 is 4.57 Å². The van der Waals surface area contributed by atoms with Crippen molar-refractivity contribution in [2.45, 2.75) is 109 Å². The van der Waals surface area contributed by atoms with Crippen LogP contribution in [-0.2, 0) is 0 Å². The van der Waals surface area contributed by atoms with Crippen LogP contribution in [0.1, 0.15) is 102 Å². The molecule has 2 aromatic heterocycles. The maximum atomic E-state index is 11.8. The molecular formula is C28H49N6O+. The topological polar surface area (TPSA) is 68.1 Å². The Morgan fingerprint density at radius 1 is 0.743 bits per heavy atom. The van der Waals surface area contributed by atoms with Gasteiger partial charge in [-0.15, -0.1) is 0 Å². The van der Waals surface area contributed by atoms with E-state index >= 15 is 0 Å². The lowest BCUT2D eigenvalue weighted by molar-refractivity contribution is -0.500. The fourth-order valence-electron chi connectivity index (χ4n) is 4.87. The highest BCUT2D eigenvalue weighted by Crippen LogP contribution is 2.19. The number of hydrazone groups is 1. The third-order valence-corrected chi connectivity index (χ3v) is 6.74. The van der Waals surface area contributed by atoms with Crippen molar-refractivity contribution in [1.82, 2.24) is 19.1 Å². The van der Waals surface area contributed by atoms with Crippen LogP contribution in [0, 0.1) is 53.4 Å². The van der Waals surface area contributed by atoms with E-state index in [9.17, 15) is 4.79 Å². The molecule has 3 rings (SSSR count). The predicted molar refractivity (Wildman–Crippen MR) is 148 cm³/mol. The van der Waals surface area contributed by atoms with Crippen molar-refractivity contribution in [2.24, 2.45) is 16.9 Å². The van der Waals surface area contributed by atoms with Gasteiger partial charge in [-0.25, -0.2) is 9.97 Å². The minimum absolute atomic E-state index is 0.0833. The van der Waals surface area contributed by atoms with E-state index in [1.165, 1.54) is 17.1 Å². The normalized spacial score (nSPS) is 15.4. The Balaban J connectivity index is 0.000000264. The summed E-state index contributed by atoms with van der Waals surface area (Å²) >= 11 is 0. The van der Waals surface area contributed by atoms with E-state index in [1.54, 1.807) is 4.57 Å². The van der Waals surface area contributed by atoms with Crippen LogP contribution >= 0.6 is 0 Å². The molecule has 1 aliphatic rings. The molecule has 7 heteroatoms. The highest BCUT2D eigenvalue weighted by Gasteiger charge is 2.32. The number of rotatable bonds is 3. The monoisotopic (exact) mass is 485 g/mol. The molecule has 0 saturated heterocycles. The van der Waals surface area contributed by atoms with E-state index in [4.69, 9.17) is 0 Å². The second-order valence-corrected chi connectivity index (χ2v) is 10.6. The van der Waals surface area contributed by atoms with Gasteiger partial charge in [0.2, 0.25) is 0 Å². The molecule has 0 spiro atoms. The quantitative estimate of drug-likeness (QED) is 0.509. The van der Waals surface area contributed by atoms with Gasteiger partial charge in [0.05, 0.1) is 17.3 Å². The third-order valence-electron chi connectivity index (χ3n) is 6.74. The summed E-state index contributed by atoms with van der Waals surface area (Å²) in [5.74, 6) is 3.15. The minimum Gasteiger partial charge on any atom is -0.330 e. The Kier molecular flexibility index (Phi) is 10.8. The zero-order valence-corrected chi connectivity index (χ0v) is 24.9. The molecule has 1 aliphatic heterocycles. The fourth-order valence-corrected chi connectivity index (χ4v) is 4.87. The number of hydrogen-bond donors (Lipinski definition) is 0. The van der Waals surface area contributed by atoms with Crippen molar-refractivity contribution in [3.05, 3.63) is 44.6 Å². The van der Waals surface area contributed by atoms with Crippen LogP contribution in [0.2, 0.25) is 0 Å². The summed E-state index contributed by atoms with van der Waals surface area (Å²) in [6, 6.07) is 0.704. The molecule has 0 aliphatic carbocycles. The molecular weight excluding hydrogens is 436 g/mol. The molecule has 0 amide bonds. The zero-order valence-electron chi connectivity index (χ0n) is 24.9. The number of imidazole rings is 1. The summed E-state index contributed by atoms with van der Waals surface area (Å²) in [5, 5.41) is 4.39. The maximum absolute atomic E-state index is 11.8. The van der Waals surface area contributed by atoms with Gasteiger partial charge in [-0.2, -0.15) is 0 Å². The molecule has 3 heterocycles. The molecule has 0 fully saturated rings. The highest BCUT2D eigenvalue weighted by molar-refractivity contribution is 6.05. The minimum atomic E-state index is 0.0833. The molecule has 2 aromatic rings. The van der Waals surface area contributed by atoms with Gasteiger partial charge in [0.1, 0.15) is 11.6 Å². The summed E-state index contributed by atoms with van der Waals surface area (Å²) < 4.78 is 5.97. The molecule has 7 nitrogen and oxygen atoms in total. The lowest BCUT2D eigenvalue weighted by Gasteiger charge is -2.14. The first-order chi connectivity index (χ1) is 16.0. The first-order valence-electron chi connectivity index (χ1n) is 12.7. The van der Waals surface area contributed by atoms with E-state index in [1.807, 2.05) is 46.4 Å². The van der Waals surface area contributed by atoms with E-state index in [0.29, 0.717) is 17.9 Å². The highest BCUT2D eigenvalue weighted by atomic mass is 16.1. The smallest absolute Gasteiger partial charge is 0.256 e. The summed E-state index contributed by atoms with van der Waals surface area (Å²) in [6.45, 7) is 28.9. The van der Waals surface area contributed by atoms with Gasteiger partial charge >= 0.3 is 0 Å². The summed E-state index contributed by atoms with van der Waals surface area (Å²) in [7, 11) is 2.02. The molecule has 0 aromatic carbocycles. The van der Waals surface area contributed by atoms with Gasteiger partial charge in [-0.1, -0.05) is 18.5 Å². The Hall–Kier alpha value is -2.57. The lowest BCUT2D eigenvalue weighted by atomic mass is 9.88. The second-order valence-electron chi connectivity index (χ2n) is 10.6. The summed E-state index contributed by atoms with van der Waals surface area (Å²) in [4.78, 5) is 20.5. The van der Waals surface area contributed by atoms with Gasteiger partial charge in [-0.05, 0) is 87.2 Å². The van der Waals surface area contributed by atoms with Crippen molar-refractivity contribution in [2.75, 3.05) is 7.05 Å². The standard InChI is InChI=1S/C10H16N2O.C9H17N2.C9H16N2/c1-6(2)12-9(5)11-8(4)7(3)10(12)13;1-6(2)9-7(3)10-11(5)8(9)4;1-6(2)11-8(4)7(3)10-9(11)5/h6H,1-5H3;6,9H,1-5H3;6H,1-5H3/q;+1;. The molecule has 0 saturated carbocycles. The molecule has 35 heavy (non-hydrogen) atoms. The van der Waals surface area contributed by atoms with Crippen LogP contribution in [0.4, 0.5) is 0 Å². The third kappa shape index (κ3) is 7.21. The summed E-state index contributed by atoms with van der Waals surface area (Å²) in [6.07, 6.45) is 0. The molecule has 0 radical (unpaired) electrons. The van der Waals surface area contributed by atoms with Crippen LogP contribution in [0.5, 0.6) is 0 Å². The Morgan fingerprint density at radius 2 is 1.20 bits per heavy atom. The number of hydrogen-bond acceptors (Lipinski definition) is 4. The van der Waals surface area contributed by atoms with Crippen molar-refractivity contribution in [1.29, 1.82) is 0 Å². The average molecular weight is 486 g/mol. The van der Waals surface area contributed by atoms with Crippen LogP contribution in [0.3, 0.4) is 0 Å². The van der Waals surface area contributed by atoms with Gasteiger partial charge in [-0.3, -0.25) is 9.36 Å². The zero-order chi connectivity index (χ0) is 27.4. The first-order valence-corrected chi connectivity index (χ1v) is 12.7. The molecule has 1 atom stereocenters. The van der Waals surface area contributed by atoms with Crippen molar-refractivity contribution in [3.8, 4) is 0 Å². The van der Waals surface area contributed by atoms with E-state index < -0.39 is 0 Å². The lowest BCUT2D eigenvalue weighted by Crippen LogP contribution is -2.28. The molecule has 196 valence electrons. The Bertz CT molecular complexity index is 1150. The van der Waals surface area contributed by atoms with Crippen molar-refractivity contribution >= 4 is 11.4 Å². The number of aryl methyl sites for hydroxylation is 4. The van der Waals surface area contributed by atoms with Crippen LogP contribution in [-0.4, -0.2) is 42.3 Å². The van der Waals surface area contributed by atoms with Crippen LogP contribution in [0.15, 0.2) is 9.90 Å².